The van der Waals surface area contributed by atoms with Crippen LogP contribution >= 0.6 is 0 Å². The van der Waals surface area contributed by atoms with Crippen molar-refractivity contribution < 1.29 is 18.4 Å². The van der Waals surface area contributed by atoms with Crippen LogP contribution in [0.3, 0.4) is 0 Å². The van der Waals surface area contributed by atoms with Gasteiger partial charge in [0.2, 0.25) is 5.91 Å². The van der Waals surface area contributed by atoms with Gasteiger partial charge in [0.15, 0.2) is 0 Å². The highest BCUT2D eigenvalue weighted by Gasteiger charge is 2.20. The van der Waals surface area contributed by atoms with Gasteiger partial charge < -0.3 is 15.5 Å². The standard InChI is InChI=1S/C14H19F2N3O2/c1-4-19(5-2)13(20)9(3)17-14(21)18-12-7-6-10(15)8-11(12)16/h6-9H,4-5H2,1-3H3,(H2,17,18,21). The third kappa shape index (κ3) is 4.70. The number of nitrogens with one attached hydrogen (secondary N) is 2. The average Bonchev–Trinajstić information content (AvgIpc) is 2.43. The summed E-state index contributed by atoms with van der Waals surface area (Å²) >= 11 is 0. The van der Waals surface area contributed by atoms with Gasteiger partial charge in [0.25, 0.3) is 0 Å². The normalized spacial score (nSPS) is 11.7. The number of rotatable bonds is 5. The molecule has 2 N–H and O–H groups in total. The van der Waals surface area contributed by atoms with E-state index in [1.165, 1.54) is 0 Å². The number of urea groups is 1. The number of carbonyl (C=O) groups is 2. The summed E-state index contributed by atoms with van der Waals surface area (Å²) in [6.45, 7) is 6.29. The minimum atomic E-state index is -0.882. The van der Waals surface area contributed by atoms with Gasteiger partial charge in [-0.1, -0.05) is 0 Å². The molecule has 0 saturated carbocycles. The Morgan fingerprint density at radius 2 is 1.86 bits per heavy atom. The molecule has 0 heterocycles. The number of amides is 3. The van der Waals surface area contributed by atoms with Crippen molar-refractivity contribution in [3.8, 4) is 0 Å². The van der Waals surface area contributed by atoms with E-state index < -0.39 is 23.7 Å². The molecule has 7 heteroatoms. The summed E-state index contributed by atoms with van der Waals surface area (Å²) in [7, 11) is 0. The number of halogens is 2. The molecule has 3 amide bonds. The Morgan fingerprint density at radius 1 is 1.24 bits per heavy atom. The zero-order chi connectivity index (χ0) is 16.0. The molecular formula is C14H19F2N3O2. The van der Waals surface area contributed by atoms with Gasteiger partial charge in [-0.2, -0.15) is 0 Å². The lowest BCUT2D eigenvalue weighted by molar-refractivity contribution is -0.132. The van der Waals surface area contributed by atoms with Crippen molar-refractivity contribution in [1.29, 1.82) is 0 Å². The molecule has 0 aliphatic rings. The summed E-state index contributed by atoms with van der Waals surface area (Å²) < 4.78 is 26.1. The molecule has 1 aromatic carbocycles. The van der Waals surface area contributed by atoms with Gasteiger partial charge in [0, 0.05) is 19.2 Å². The van der Waals surface area contributed by atoms with E-state index in [0.29, 0.717) is 19.2 Å². The van der Waals surface area contributed by atoms with Crippen LogP contribution in [0.2, 0.25) is 0 Å². The first kappa shape index (κ1) is 16.9. The Bertz CT molecular complexity index is 519. The molecule has 116 valence electrons. The molecule has 0 bridgehead atoms. The van der Waals surface area contributed by atoms with Crippen molar-refractivity contribution in [2.24, 2.45) is 0 Å². The highest BCUT2D eigenvalue weighted by molar-refractivity contribution is 5.93. The Balaban J connectivity index is 2.62. The molecule has 1 unspecified atom stereocenters. The molecule has 0 aliphatic carbocycles. The Labute approximate surface area is 122 Å². The first-order valence-corrected chi connectivity index (χ1v) is 6.70. The van der Waals surface area contributed by atoms with Crippen LogP contribution in [0, 0.1) is 11.6 Å². The fourth-order valence-corrected chi connectivity index (χ4v) is 1.82. The predicted octanol–water partition coefficient (Wildman–Crippen LogP) is 2.34. The van der Waals surface area contributed by atoms with E-state index in [4.69, 9.17) is 0 Å². The second-order valence-corrected chi connectivity index (χ2v) is 4.45. The van der Waals surface area contributed by atoms with Gasteiger partial charge >= 0.3 is 6.03 Å². The largest absolute Gasteiger partial charge is 0.341 e. The molecule has 1 rings (SSSR count). The lowest BCUT2D eigenvalue weighted by atomic mass is 10.2. The van der Waals surface area contributed by atoms with Crippen LogP contribution in [-0.4, -0.2) is 36.0 Å². The van der Waals surface area contributed by atoms with Gasteiger partial charge in [-0.3, -0.25) is 4.79 Å². The first-order valence-electron chi connectivity index (χ1n) is 6.70. The Kier molecular flexibility index (Phi) is 6.08. The van der Waals surface area contributed by atoms with Gasteiger partial charge in [0.1, 0.15) is 17.7 Å². The Morgan fingerprint density at radius 3 is 2.38 bits per heavy atom. The number of carbonyl (C=O) groups excluding carboxylic acids is 2. The van der Waals surface area contributed by atoms with Gasteiger partial charge in [-0.25, -0.2) is 13.6 Å². The Hall–Kier alpha value is -2.18. The van der Waals surface area contributed by atoms with Crippen LogP contribution in [-0.2, 0) is 4.79 Å². The monoisotopic (exact) mass is 299 g/mol. The van der Waals surface area contributed by atoms with Crippen LogP contribution < -0.4 is 10.6 Å². The molecule has 0 aromatic heterocycles. The van der Waals surface area contributed by atoms with Crippen molar-refractivity contribution >= 4 is 17.6 Å². The second-order valence-electron chi connectivity index (χ2n) is 4.45. The molecule has 0 aliphatic heterocycles. The van der Waals surface area contributed by atoms with E-state index in [1.54, 1.807) is 11.8 Å². The maximum atomic E-state index is 13.4. The van der Waals surface area contributed by atoms with E-state index in [-0.39, 0.29) is 11.6 Å². The predicted molar refractivity (Wildman–Crippen MR) is 75.9 cm³/mol. The summed E-state index contributed by atoms with van der Waals surface area (Å²) in [5.74, 6) is -1.84. The van der Waals surface area contributed by atoms with E-state index >= 15 is 0 Å². The summed E-state index contributed by atoms with van der Waals surface area (Å²) in [4.78, 5) is 25.2. The number of hydrogen-bond donors (Lipinski definition) is 2. The topological polar surface area (TPSA) is 61.4 Å². The van der Waals surface area contributed by atoms with Crippen LogP contribution in [0.4, 0.5) is 19.3 Å². The third-order valence-corrected chi connectivity index (χ3v) is 2.97. The van der Waals surface area contributed by atoms with E-state index in [0.717, 1.165) is 12.1 Å². The third-order valence-electron chi connectivity index (χ3n) is 2.97. The number of benzene rings is 1. The van der Waals surface area contributed by atoms with Crippen molar-refractivity contribution in [3.63, 3.8) is 0 Å². The summed E-state index contributed by atoms with van der Waals surface area (Å²) in [6, 6.07) is 1.34. The van der Waals surface area contributed by atoms with Crippen molar-refractivity contribution in [3.05, 3.63) is 29.8 Å². The molecule has 0 radical (unpaired) electrons. The molecule has 1 aromatic rings. The molecular weight excluding hydrogens is 280 g/mol. The fourth-order valence-electron chi connectivity index (χ4n) is 1.82. The van der Waals surface area contributed by atoms with Crippen molar-refractivity contribution in [2.45, 2.75) is 26.8 Å². The lowest BCUT2D eigenvalue weighted by Crippen LogP contribution is -2.48. The molecule has 5 nitrogen and oxygen atoms in total. The van der Waals surface area contributed by atoms with Crippen LogP contribution in [0.1, 0.15) is 20.8 Å². The quantitative estimate of drug-likeness (QED) is 0.876. The highest BCUT2D eigenvalue weighted by atomic mass is 19.1. The van der Waals surface area contributed by atoms with E-state index in [1.807, 2.05) is 13.8 Å². The summed E-state index contributed by atoms with van der Waals surface area (Å²) in [6.07, 6.45) is 0. The minimum absolute atomic E-state index is 0.156. The molecule has 0 spiro atoms. The second kappa shape index (κ2) is 7.56. The van der Waals surface area contributed by atoms with Crippen LogP contribution in [0.5, 0.6) is 0 Å². The number of hydrogen-bond acceptors (Lipinski definition) is 2. The number of nitrogens with zero attached hydrogens (tertiary/aromatic N) is 1. The smallest absolute Gasteiger partial charge is 0.319 e. The van der Waals surface area contributed by atoms with Crippen molar-refractivity contribution in [2.75, 3.05) is 18.4 Å². The first-order chi connectivity index (χ1) is 9.88. The highest BCUT2D eigenvalue weighted by Crippen LogP contribution is 2.14. The van der Waals surface area contributed by atoms with E-state index in [2.05, 4.69) is 10.6 Å². The van der Waals surface area contributed by atoms with E-state index in [9.17, 15) is 18.4 Å². The zero-order valence-corrected chi connectivity index (χ0v) is 12.2. The maximum Gasteiger partial charge on any atom is 0.319 e. The molecule has 1 atom stereocenters. The summed E-state index contributed by atoms with van der Waals surface area (Å²) in [5.41, 5.74) is -0.156. The molecule has 0 saturated heterocycles. The average molecular weight is 299 g/mol. The van der Waals surface area contributed by atoms with Gasteiger partial charge in [-0.05, 0) is 32.9 Å². The number of anilines is 1. The molecule has 21 heavy (non-hydrogen) atoms. The SMILES string of the molecule is CCN(CC)C(=O)C(C)NC(=O)Nc1ccc(F)cc1F. The van der Waals surface area contributed by atoms with Crippen LogP contribution in [0.25, 0.3) is 0 Å². The summed E-state index contributed by atoms with van der Waals surface area (Å²) in [5, 5.41) is 4.65. The lowest BCUT2D eigenvalue weighted by Gasteiger charge is -2.23. The van der Waals surface area contributed by atoms with Gasteiger partial charge in [0.05, 0.1) is 5.69 Å². The number of likely N-dealkylation sites (N-methyl/N-ethyl adjacent to an activating group) is 1. The van der Waals surface area contributed by atoms with Gasteiger partial charge in [-0.15, -0.1) is 0 Å². The molecule has 0 fully saturated rings. The minimum Gasteiger partial charge on any atom is -0.341 e. The fraction of sp³-hybridized carbons (Fsp3) is 0.429. The van der Waals surface area contributed by atoms with Crippen molar-refractivity contribution in [1.82, 2.24) is 10.2 Å². The zero-order valence-electron chi connectivity index (χ0n) is 12.2. The maximum absolute atomic E-state index is 13.4. The van der Waals surface area contributed by atoms with Crippen LogP contribution in [0.15, 0.2) is 18.2 Å².